The van der Waals surface area contributed by atoms with Crippen molar-refractivity contribution in [1.82, 2.24) is 9.97 Å². The van der Waals surface area contributed by atoms with Gasteiger partial charge in [0.25, 0.3) is 0 Å². The fourth-order valence-corrected chi connectivity index (χ4v) is 1.81. The van der Waals surface area contributed by atoms with Crippen molar-refractivity contribution < 1.29 is 4.74 Å². The summed E-state index contributed by atoms with van der Waals surface area (Å²) in [5, 5.41) is 3.21. The summed E-state index contributed by atoms with van der Waals surface area (Å²) in [4.78, 5) is 8.96. The van der Waals surface area contributed by atoms with Gasteiger partial charge in [-0.1, -0.05) is 32.0 Å². The highest BCUT2D eigenvalue weighted by molar-refractivity contribution is 5.41. The molecule has 0 aliphatic carbocycles. The van der Waals surface area contributed by atoms with E-state index >= 15 is 0 Å². The minimum atomic E-state index is 0.257. The first-order valence-electron chi connectivity index (χ1n) is 6.96. The number of aromatic nitrogens is 2. The van der Waals surface area contributed by atoms with Gasteiger partial charge in [-0.2, -0.15) is 4.98 Å². The Morgan fingerprint density at radius 3 is 2.60 bits per heavy atom. The number of ether oxygens (including phenoxy) is 1. The Morgan fingerprint density at radius 2 is 1.95 bits per heavy atom. The lowest BCUT2D eigenvalue weighted by Crippen LogP contribution is -2.06. The summed E-state index contributed by atoms with van der Waals surface area (Å²) >= 11 is 0. The van der Waals surface area contributed by atoms with E-state index in [9.17, 15) is 0 Å². The van der Waals surface area contributed by atoms with E-state index in [1.807, 2.05) is 44.2 Å². The minimum Gasteiger partial charge on any atom is -0.439 e. The second-order valence-corrected chi connectivity index (χ2v) is 5.00. The second kappa shape index (κ2) is 6.37. The minimum absolute atomic E-state index is 0.257. The van der Waals surface area contributed by atoms with Crippen LogP contribution in [0.1, 0.15) is 38.1 Å². The summed E-state index contributed by atoms with van der Waals surface area (Å²) in [5.41, 5.74) is 1.09. The molecule has 0 saturated carbocycles. The van der Waals surface area contributed by atoms with Gasteiger partial charge in [-0.05, 0) is 25.5 Å². The third-order valence-electron chi connectivity index (χ3n) is 2.90. The number of nitrogens with zero attached hydrogens (tertiary/aromatic N) is 2. The smallest absolute Gasteiger partial charge is 0.224 e. The second-order valence-electron chi connectivity index (χ2n) is 5.00. The molecule has 0 bridgehead atoms. The lowest BCUT2D eigenvalue weighted by atomic mass is 10.2. The molecular weight excluding hydrogens is 250 g/mol. The van der Waals surface area contributed by atoms with Crippen molar-refractivity contribution in [3.8, 4) is 11.6 Å². The van der Waals surface area contributed by atoms with E-state index in [1.165, 1.54) is 0 Å². The molecule has 0 amide bonds. The Hall–Kier alpha value is -2.10. The number of hydrogen-bond donors (Lipinski definition) is 1. The summed E-state index contributed by atoms with van der Waals surface area (Å²) in [6.07, 6.45) is 0. The topological polar surface area (TPSA) is 47.0 Å². The van der Waals surface area contributed by atoms with Gasteiger partial charge in [-0.25, -0.2) is 4.98 Å². The van der Waals surface area contributed by atoms with Crippen molar-refractivity contribution in [3.63, 3.8) is 0 Å². The third-order valence-corrected chi connectivity index (χ3v) is 2.90. The SMILES string of the molecule is CCNc1cc(Oc2ccccc2C)nc(C(C)C)n1. The van der Waals surface area contributed by atoms with Crippen LogP contribution in [0.2, 0.25) is 0 Å². The molecule has 1 heterocycles. The Bertz CT molecular complexity index is 582. The zero-order valence-corrected chi connectivity index (χ0v) is 12.5. The zero-order chi connectivity index (χ0) is 14.5. The van der Waals surface area contributed by atoms with Gasteiger partial charge in [0.15, 0.2) is 0 Å². The van der Waals surface area contributed by atoms with E-state index in [2.05, 4.69) is 29.1 Å². The van der Waals surface area contributed by atoms with Crippen LogP contribution in [-0.4, -0.2) is 16.5 Å². The number of aryl methyl sites for hydroxylation is 1. The molecular formula is C16H21N3O. The van der Waals surface area contributed by atoms with Crippen molar-refractivity contribution in [2.45, 2.75) is 33.6 Å². The summed E-state index contributed by atoms with van der Waals surface area (Å²) in [6.45, 7) is 9.02. The van der Waals surface area contributed by atoms with Crippen LogP contribution in [0.25, 0.3) is 0 Å². The predicted octanol–water partition coefficient (Wildman–Crippen LogP) is 4.13. The Kier molecular flexibility index (Phi) is 4.56. The molecule has 20 heavy (non-hydrogen) atoms. The van der Waals surface area contributed by atoms with Crippen molar-refractivity contribution in [3.05, 3.63) is 41.7 Å². The highest BCUT2D eigenvalue weighted by atomic mass is 16.5. The highest BCUT2D eigenvalue weighted by Gasteiger charge is 2.10. The Balaban J connectivity index is 2.33. The van der Waals surface area contributed by atoms with Gasteiger partial charge in [0, 0.05) is 18.5 Å². The number of para-hydroxylation sites is 1. The first kappa shape index (κ1) is 14.3. The summed E-state index contributed by atoms with van der Waals surface area (Å²) in [7, 11) is 0. The molecule has 4 nitrogen and oxygen atoms in total. The van der Waals surface area contributed by atoms with E-state index < -0.39 is 0 Å². The zero-order valence-electron chi connectivity index (χ0n) is 12.5. The average Bonchev–Trinajstić information content (AvgIpc) is 2.41. The normalized spacial score (nSPS) is 10.7. The van der Waals surface area contributed by atoms with Crippen molar-refractivity contribution in [2.75, 3.05) is 11.9 Å². The van der Waals surface area contributed by atoms with Crippen LogP contribution >= 0.6 is 0 Å². The quantitative estimate of drug-likeness (QED) is 0.888. The fourth-order valence-electron chi connectivity index (χ4n) is 1.81. The van der Waals surface area contributed by atoms with Gasteiger partial charge >= 0.3 is 0 Å². The molecule has 4 heteroatoms. The van der Waals surface area contributed by atoms with Gasteiger partial charge in [0.2, 0.25) is 5.88 Å². The number of rotatable bonds is 5. The number of benzene rings is 1. The van der Waals surface area contributed by atoms with Crippen molar-refractivity contribution >= 4 is 5.82 Å². The van der Waals surface area contributed by atoms with E-state index in [0.717, 1.165) is 29.5 Å². The van der Waals surface area contributed by atoms with Crippen LogP contribution in [0.15, 0.2) is 30.3 Å². The number of hydrogen-bond acceptors (Lipinski definition) is 4. The molecule has 0 aliphatic rings. The largest absolute Gasteiger partial charge is 0.439 e. The maximum Gasteiger partial charge on any atom is 0.224 e. The molecule has 0 aliphatic heterocycles. The van der Waals surface area contributed by atoms with E-state index in [4.69, 9.17) is 4.74 Å². The molecule has 1 N–H and O–H groups in total. The Labute approximate surface area is 120 Å². The van der Waals surface area contributed by atoms with Crippen LogP contribution in [0.3, 0.4) is 0 Å². The van der Waals surface area contributed by atoms with Crippen LogP contribution < -0.4 is 10.1 Å². The van der Waals surface area contributed by atoms with Crippen LogP contribution in [0.5, 0.6) is 11.6 Å². The lowest BCUT2D eigenvalue weighted by molar-refractivity contribution is 0.454. The number of nitrogens with one attached hydrogen (secondary N) is 1. The molecule has 0 saturated heterocycles. The third kappa shape index (κ3) is 3.47. The van der Waals surface area contributed by atoms with Gasteiger partial charge in [-0.3, -0.25) is 0 Å². The first-order valence-corrected chi connectivity index (χ1v) is 6.96. The van der Waals surface area contributed by atoms with Gasteiger partial charge < -0.3 is 10.1 Å². The summed E-state index contributed by atoms with van der Waals surface area (Å²) in [5.74, 6) is 3.24. The molecule has 0 atom stereocenters. The summed E-state index contributed by atoms with van der Waals surface area (Å²) in [6, 6.07) is 9.75. The van der Waals surface area contributed by atoms with Crippen LogP contribution in [-0.2, 0) is 0 Å². The molecule has 1 aromatic heterocycles. The fraction of sp³-hybridized carbons (Fsp3) is 0.375. The van der Waals surface area contributed by atoms with Crippen molar-refractivity contribution in [2.24, 2.45) is 0 Å². The standard InChI is InChI=1S/C16H21N3O/c1-5-17-14-10-15(19-16(18-14)11(2)3)20-13-9-7-6-8-12(13)4/h6-11H,5H2,1-4H3,(H,17,18,19). The average molecular weight is 271 g/mol. The predicted molar refractivity (Wildman–Crippen MR) is 81.5 cm³/mol. The molecule has 0 fully saturated rings. The summed E-state index contributed by atoms with van der Waals surface area (Å²) < 4.78 is 5.90. The van der Waals surface area contributed by atoms with Gasteiger partial charge in [0.05, 0.1) is 0 Å². The van der Waals surface area contributed by atoms with Gasteiger partial charge in [0.1, 0.15) is 17.4 Å². The lowest BCUT2D eigenvalue weighted by Gasteiger charge is -2.12. The molecule has 0 radical (unpaired) electrons. The molecule has 2 rings (SSSR count). The molecule has 106 valence electrons. The number of anilines is 1. The van der Waals surface area contributed by atoms with Crippen molar-refractivity contribution in [1.29, 1.82) is 0 Å². The van der Waals surface area contributed by atoms with E-state index in [0.29, 0.717) is 5.88 Å². The maximum absolute atomic E-state index is 5.90. The van der Waals surface area contributed by atoms with E-state index in [-0.39, 0.29) is 5.92 Å². The van der Waals surface area contributed by atoms with Crippen LogP contribution in [0, 0.1) is 6.92 Å². The van der Waals surface area contributed by atoms with Gasteiger partial charge in [-0.15, -0.1) is 0 Å². The van der Waals surface area contributed by atoms with E-state index in [1.54, 1.807) is 0 Å². The molecule has 2 aromatic rings. The molecule has 0 unspecified atom stereocenters. The molecule has 1 aromatic carbocycles. The molecule has 0 spiro atoms. The van der Waals surface area contributed by atoms with Crippen LogP contribution in [0.4, 0.5) is 5.82 Å². The highest BCUT2D eigenvalue weighted by Crippen LogP contribution is 2.26. The monoisotopic (exact) mass is 271 g/mol. The maximum atomic E-state index is 5.90. The first-order chi connectivity index (χ1) is 9.60. The Morgan fingerprint density at radius 1 is 1.20 bits per heavy atom.